The van der Waals surface area contributed by atoms with Gasteiger partial charge in [-0.15, -0.1) is 11.3 Å². The van der Waals surface area contributed by atoms with Gasteiger partial charge in [0.1, 0.15) is 11.9 Å². The van der Waals surface area contributed by atoms with Crippen LogP contribution in [0.5, 0.6) is 0 Å². The van der Waals surface area contributed by atoms with Crippen LogP contribution in [0, 0.1) is 11.7 Å². The number of fused-ring (bicyclic) bond motifs is 2. The highest BCUT2D eigenvalue weighted by Gasteiger charge is 2.56. The van der Waals surface area contributed by atoms with Crippen LogP contribution in [0.15, 0.2) is 46.0 Å². The molecule has 5 rings (SSSR count). The molecular formula is C21H18ClF3N4O2S. The lowest BCUT2D eigenvalue weighted by Gasteiger charge is -2.34. The van der Waals surface area contributed by atoms with Gasteiger partial charge in [-0.25, -0.2) is 22.9 Å². The molecule has 1 saturated heterocycles. The third-order valence-electron chi connectivity index (χ3n) is 6.24. The van der Waals surface area contributed by atoms with Crippen LogP contribution in [-0.2, 0) is 4.79 Å². The molecule has 1 saturated carbocycles. The molecule has 2 aromatic rings. The van der Waals surface area contributed by atoms with Crippen LogP contribution in [-0.4, -0.2) is 51.8 Å². The summed E-state index contributed by atoms with van der Waals surface area (Å²) < 4.78 is 41.6. The van der Waals surface area contributed by atoms with Crippen molar-refractivity contribution in [3.8, 4) is 0 Å². The molecule has 11 heteroatoms. The van der Waals surface area contributed by atoms with E-state index in [9.17, 15) is 23.1 Å². The minimum absolute atomic E-state index is 0.0478. The lowest BCUT2D eigenvalue weighted by molar-refractivity contribution is -0.133. The van der Waals surface area contributed by atoms with E-state index in [0.717, 1.165) is 6.07 Å². The number of halogens is 4. The lowest BCUT2D eigenvalue weighted by atomic mass is 9.95. The second-order valence-corrected chi connectivity index (χ2v) is 9.49. The van der Waals surface area contributed by atoms with Gasteiger partial charge in [-0.05, 0) is 18.6 Å². The second-order valence-electron chi connectivity index (χ2n) is 8.19. The Bertz CT molecular complexity index is 1140. The highest BCUT2D eigenvalue weighted by molar-refractivity contribution is 7.11. The molecular weight excluding hydrogens is 465 g/mol. The van der Waals surface area contributed by atoms with Crippen molar-refractivity contribution >= 4 is 34.7 Å². The summed E-state index contributed by atoms with van der Waals surface area (Å²) in [5.41, 5.74) is 0.639. The predicted molar refractivity (Wildman–Crippen MR) is 114 cm³/mol. The average molecular weight is 483 g/mol. The molecule has 2 bridgehead atoms. The molecule has 2 N–H and O–H groups in total. The molecule has 2 unspecified atom stereocenters. The Hall–Kier alpha value is -2.43. The van der Waals surface area contributed by atoms with E-state index in [1.807, 2.05) is 4.90 Å². The highest BCUT2D eigenvalue weighted by Crippen LogP contribution is 2.48. The van der Waals surface area contributed by atoms with Crippen LogP contribution >= 0.6 is 22.9 Å². The number of carboxylic acids is 1. The Morgan fingerprint density at radius 1 is 1.41 bits per heavy atom. The molecule has 0 radical (unpaired) electrons. The fraction of sp³-hybridized carbons (Fsp3) is 0.381. The van der Waals surface area contributed by atoms with Crippen LogP contribution in [0.4, 0.5) is 13.2 Å². The van der Waals surface area contributed by atoms with Crippen molar-refractivity contribution in [1.82, 2.24) is 15.2 Å². The number of hydrogen-bond donors (Lipinski definition) is 2. The van der Waals surface area contributed by atoms with Gasteiger partial charge >= 0.3 is 5.97 Å². The minimum atomic E-state index is -2.68. The topological polar surface area (TPSA) is 77.8 Å². The zero-order valence-corrected chi connectivity index (χ0v) is 18.1. The Kier molecular flexibility index (Phi) is 5.26. The first-order chi connectivity index (χ1) is 15.2. The summed E-state index contributed by atoms with van der Waals surface area (Å²) in [4.78, 5) is 23.0. The number of carboxylic acid groups (broad SMARTS) is 1. The van der Waals surface area contributed by atoms with Crippen molar-refractivity contribution in [3.63, 3.8) is 0 Å². The summed E-state index contributed by atoms with van der Waals surface area (Å²) >= 11 is 7.57. The zero-order valence-electron chi connectivity index (χ0n) is 16.6. The first-order valence-corrected chi connectivity index (χ1v) is 11.3. The normalized spacial score (nSPS) is 26.9. The lowest BCUT2D eigenvalue weighted by Crippen LogP contribution is -2.45. The van der Waals surface area contributed by atoms with Crippen LogP contribution in [0.3, 0.4) is 0 Å². The van der Waals surface area contributed by atoms with Crippen molar-refractivity contribution in [2.45, 2.75) is 30.8 Å². The zero-order chi connectivity index (χ0) is 22.6. The SMILES string of the molecule is O=C(O)C1=C(CN2CC3CC2CC3(F)F)NC(c2nccs2)=N[C@H]1c1ccc(F)cc1Cl. The predicted octanol–water partition coefficient (Wildman–Crippen LogP) is 4.09. The monoisotopic (exact) mass is 482 g/mol. The molecule has 3 aliphatic rings. The van der Waals surface area contributed by atoms with Gasteiger partial charge in [0.05, 0.1) is 5.57 Å². The van der Waals surface area contributed by atoms with Gasteiger partial charge < -0.3 is 10.4 Å². The van der Waals surface area contributed by atoms with Crippen molar-refractivity contribution in [2.24, 2.45) is 10.9 Å². The number of rotatable bonds is 5. The molecule has 6 nitrogen and oxygen atoms in total. The maximum absolute atomic E-state index is 14.0. The number of thiazole rings is 1. The average Bonchev–Trinajstić information content (AvgIpc) is 3.43. The van der Waals surface area contributed by atoms with Crippen LogP contribution in [0.1, 0.15) is 29.5 Å². The highest BCUT2D eigenvalue weighted by atomic mass is 35.5. The largest absolute Gasteiger partial charge is 0.478 e. The van der Waals surface area contributed by atoms with E-state index in [1.54, 1.807) is 11.6 Å². The number of amidine groups is 1. The maximum atomic E-state index is 14.0. The number of aliphatic carboxylic acids is 1. The molecule has 2 fully saturated rings. The molecule has 1 aliphatic carbocycles. The summed E-state index contributed by atoms with van der Waals surface area (Å²) in [5, 5.41) is 15.5. The third kappa shape index (κ3) is 3.70. The Morgan fingerprint density at radius 2 is 2.22 bits per heavy atom. The van der Waals surface area contributed by atoms with E-state index in [0.29, 0.717) is 28.5 Å². The van der Waals surface area contributed by atoms with E-state index in [1.165, 1.54) is 23.5 Å². The molecule has 0 spiro atoms. The van der Waals surface area contributed by atoms with Gasteiger partial charge in [0.15, 0.2) is 10.8 Å². The van der Waals surface area contributed by atoms with E-state index in [4.69, 9.17) is 11.6 Å². The quantitative estimate of drug-likeness (QED) is 0.671. The summed E-state index contributed by atoms with van der Waals surface area (Å²) in [7, 11) is 0. The number of alkyl halides is 2. The van der Waals surface area contributed by atoms with Gasteiger partial charge in [-0.1, -0.05) is 17.7 Å². The standard InChI is InChI=1S/C21H18ClF3N4O2S/c22-14-6-11(23)1-2-13(14)17-16(20(30)31)15(27-18(28-17)19-26-3-4-32-19)9-29-8-10-5-12(29)7-21(10,24)25/h1-4,6,10,12,17H,5,7-9H2,(H,27,28)(H,30,31)/t10?,12?,17-/m0/s1. The van der Waals surface area contributed by atoms with Crippen molar-refractivity contribution in [3.05, 3.63) is 62.5 Å². The molecule has 168 valence electrons. The molecule has 2 aliphatic heterocycles. The molecule has 1 aromatic heterocycles. The molecule has 1 aromatic carbocycles. The summed E-state index contributed by atoms with van der Waals surface area (Å²) in [6.07, 6.45) is 1.76. The maximum Gasteiger partial charge on any atom is 0.335 e. The fourth-order valence-electron chi connectivity index (χ4n) is 4.75. The van der Waals surface area contributed by atoms with E-state index < -0.39 is 29.7 Å². The van der Waals surface area contributed by atoms with Gasteiger partial charge in [-0.3, -0.25) is 9.89 Å². The molecule has 3 atom stereocenters. The van der Waals surface area contributed by atoms with Crippen LogP contribution in [0.2, 0.25) is 5.02 Å². The molecule has 0 amide bonds. The van der Waals surface area contributed by atoms with Gasteiger partial charge in [0.25, 0.3) is 5.92 Å². The number of aliphatic imine (C=N–C) groups is 1. The van der Waals surface area contributed by atoms with Crippen LogP contribution < -0.4 is 5.32 Å². The smallest absolute Gasteiger partial charge is 0.335 e. The van der Waals surface area contributed by atoms with Gasteiger partial charge in [0, 0.05) is 59.3 Å². The number of hydrogen-bond acceptors (Lipinski definition) is 6. The summed E-state index contributed by atoms with van der Waals surface area (Å²) in [6.45, 7) is 0.347. The number of carbonyl (C=O) groups is 1. The summed E-state index contributed by atoms with van der Waals surface area (Å²) in [6, 6.07) is 2.40. The molecule has 32 heavy (non-hydrogen) atoms. The number of nitrogens with one attached hydrogen (secondary N) is 1. The summed E-state index contributed by atoms with van der Waals surface area (Å²) in [5.74, 6) is -4.80. The Labute approximate surface area is 190 Å². The Morgan fingerprint density at radius 3 is 2.81 bits per heavy atom. The number of piperidine rings is 1. The van der Waals surface area contributed by atoms with E-state index >= 15 is 0 Å². The first-order valence-electron chi connectivity index (χ1n) is 10.0. The van der Waals surface area contributed by atoms with Crippen molar-refractivity contribution < 1.29 is 23.1 Å². The number of aromatic nitrogens is 1. The van der Waals surface area contributed by atoms with Gasteiger partial charge in [0.2, 0.25) is 0 Å². The van der Waals surface area contributed by atoms with Crippen molar-refractivity contribution in [2.75, 3.05) is 13.1 Å². The Balaban J connectivity index is 1.55. The first kappa shape index (κ1) is 21.4. The van der Waals surface area contributed by atoms with Crippen molar-refractivity contribution in [1.29, 1.82) is 0 Å². The number of nitrogens with zero attached hydrogens (tertiary/aromatic N) is 3. The number of likely N-dealkylation sites (tertiary alicyclic amines) is 1. The molecule has 3 heterocycles. The van der Waals surface area contributed by atoms with Gasteiger partial charge in [-0.2, -0.15) is 0 Å². The van der Waals surface area contributed by atoms with E-state index in [2.05, 4.69) is 15.3 Å². The fourth-order valence-corrected chi connectivity index (χ4v) is 5.61. The minimum Gasteiger partial charge on any atom is -0.478 e. The van der Waals surface area contributed by atoms with Crippen LogP contribution in [0.25, 0.3) is 0 Å². The number of benzene rings is 1. The third-order valence-corrected chi connectivity index (χ3v) is 7.35. The van der Waals surface area contributed by atoms with E-state index in [-0.39, 0.29) is 36.1 Å². The second kappa shape index (κ2) is 7.86.